The molecule has 2 aromatic rings. The maximum Gasteiger partial charge on any atom is 0.322 e. The van der Waals surface area contributed by atoms with Crippen molar-refractivity contribution in [2.75, 3.05) is 0 Å². The number of esters is 2. The van der Waals surface area contributed by atoms with Crippen molar-refractivity contribution >= 4 is 11.9 Å². The monoisotopic (exact) mass is 396 g/mol. The predicted molar refractivity (Wildman–Crippen MR) is 116 cm³/mol. The summed E-state index contributed by atoms with van der Waals surface area (Å²) in [5, 5.41) is 0. The SMILES string of the molecule is CCc1cc(C)cc(CC)c1OC(=O)CC(=O)Oc1c(CC)cc(C)cc1CC. The number of benzene rings is 2. The zero-order chi connectivity index (χ0) is 21.6. The van der Waals surface area contributed by atoms with Crippen molar-refractivity contribution < 1.29 is 19.1 Å². The fourth-order valence-corrected chi connectivity index (χ4v) is 3.59. The van der Waals surface area contributed by atoms with Crippen LogP contribution in [0.1, 0.15) is 67.5 Å². The third-order valence-electron chi connectivity index (χ3n) is 5.02. The van der Waals surface area contributed by atoms with Crippen molar-refractivity contribution in [3.63, 3.8) is 0 Å². The fourth-order valence-electron chi connectivity index (χ4n) is 3.59. The molecule has 29 heavy (non-hydrogen) atoms. The number of aryl methyl sites for hydroxylation is 6. The van der Waals surface area contributed by atoms with Crippen LogP contribution in [0.2, 0.25) is 0 Å². The van der Waals surface area contributed by atoms with Gasteiger partial charge in [-0.05, 0) is 61.8 Å². The average Bonchev–Trinajstić information content (AvgIpc) is 2.69. The first kappa shape index (κ1) is 22.7. The van der Waals surface area contributed by atoms with Crippen LogP contribution in [-0.2, 0) is 35.3 Å². The molecule has 0 heterocycles. The van der Waals surface area contributed by atoms with Crippen molar-refractivity contribution in [1.29, 1.82) is 0 Å². The highest BCUT2D eigenvalue weighted by Crippen LogP contribution is 2.29. The molecular formula is C25H32O4. The molecule has 0 spiro atoms. The molecule has 0 fully saturated rings. The number of ether oxygens (including phenoxy) is 2. The molecule has 0 saturated carbocycles. The molecule has 0 amide bonds. The van der Waals surface area contributed by atoms with E-state index in [9.17, 15) is 9.59 Å². The van der Waals surface area contributed by atoms with E-state index in [0.29, 0.717) is 11.5 Å². The highest BCUT2D eigenvalue weighted by molar-refractivity contribution is 5.93. The minimum absolute atomic E-state index is 0.416. The molecule has 0 unspecified atom stereocenters. The molecule has 4 nitrogen and oxygen atoms in total. The maximum absolute atomic E-state index is 12.5. The van der Waals surface area contributed by atoms with Gasteiger partial charge >= 0.3 is 11.9 Å². The van der Waals surface area contributed by atoms with Gasteiger partial charge in [-0.3, -0.25) is 9.59 Å². The first-order valence-electron chi connectivity index (χ1n) is 10.5. The van der Waals surface area contributed by atoms with Crippen molar-refractivity contribution in [3.05, 3.63) is 57.6 Å². The van der Waals surface area contributed by atoms with E-state index in [-0.39, 0.29) is 0 Å². The highest BCUT2D eigenvalue weighted by atomic mass is 16.6. The number of carbonyl (C=O) groups is 2. The van der Waals surface area contributed by atoms with Gasteiger partial charge in [-0.2, -0.15) is 0 Å². The molecular weight excluding hydrogens is 364 g/mol. The second-order valence-electron chi connectivity index (χ2n) is 7.36. The average molecular weight is 397 g/mol. The van der Waals surface area contributed by atoms with Crippen molar-refractivity contribution in [2.24, 2.45) is 0 Å². The number of carbonyl (C=O) groups excluding carboxylic acids is 2. The summed E-state index contributed by atoms with van der Waals surface area (Å²) < 4.78 is 11.2. The Morgan fingerprint density at radius 1 is 0.621 bits per heavy atom. The fraction of sp³-hybridized carbons (Fsp3) is 0.440. The van der Waals surface area contributed by atoms with Crippen LogP contribution < -0.4 is 9.47 Å². The van der Waals surface area contributed by atoms with E-state index in [1.165, 1.54) is 0 Å². The Bertz CT molecular complexity index is 772. The second kappa shape index (κ2) is 10.2. The Kier molecular flexibility index (Phi) is 8.00. The van der Waals surface area contributed by atoms with Gasteiger partial charge in [0.2, 0.25) is 0 Å². The molecule has 156 valence electrons. The third kappa shape index (κ3) is 5.69. The summed E-state index contributed by atoms with van der Waals surface area (Å²) in [4.78, 5) is 24.9. The van der Waals surface area contributed by atoms with E-state index >= 15 is 0 Å². The highest BCUT2D eigenvalue weighted by Gasteiger charge is 2.20. The van der Waals surface area contributed by atoms with Gasteiger partial charge < -0.3 is 9.47 Å². The topological polar surface area (TPSA) is 52.6 Å². The summed E-state index contributed by atoms with van der Waals surface area (Å²) in [6.07, 6.45) is 2.60. The lowest BCUT2D eigenvalue weighted by Gasteiger charge is -2.16. The van der Waals surface area contributed by atoms with Gasteiger partial charge in [-0.1, -0.05) is 63.1 Å². The molecule has 0 saturated heterocycles. The first-order valence-corrected chi connectivity index (χ1v) is 10.5. The Morgan fingerprint density at radius 2 is 0.897 bits per heavy atom. The molecule has 0 atom stereocenters. The van der Waals surface area contributed by atoms with Gasteiger partial charge in [0, 0.05) is 0 Å². The van der Waals surface area contributed by atoms with Gasteiger partial charge in [0.15, 0.2) is 0 Å². The third-order valence-corrected chi connectivity index (χ3v) is 5.02. The summed E-state index contributed by atoms with van der Waals surface area (Å²) in [6.45, 7) is 12.1. The van der Waals surface area contributed by atoms with Gasteiger partial charge in [0.1, 0.15) is 17.9 Å². The number of hydrogen-bond donors (Lipinski definition) is 0. The zero-order valence-corrected chi connectivity index (χ0v) is 18.5. The smallest absolute Gasteiger partial charge is 0.322 e. The Balaban J connectivity index is 2.17. The summed E-state index contributed by atoms with van der Waals surface area (Å²) in [7, 11) is 0. The molecule has 0 aliphatic heterocycles. The molecule has 4 heteroatoms. The molecule has 0 radical (unpaired) electrons. The van der Waals surface area contributed by atoms with Gasteiger partial charge in [-0.25, -0.2) is 0 Å². The van der Waals surface area contributed by atoms with Crippen LogP contribution in [0.3, 0.4) is 0 Å². The number of rotatable bonds is 8. The largest absolute Gasteiger partial charge is 0.426 e. The predicted octanol–water partition coefficient (Wildman–Crippen LogP) is 5.45. The molecule has 0 N–H and O–H groups in total. The van der Waals surface area contributed by atoms with Gasteiger partial charge in [0.05, 0.1) is 0 Å². The molecule has 0 aromatic heterocycles. The molecule has 0 bridgehead atoms. The van der Waals surface area contributed by atoms with Crippen LogP contribution in [0.25, 0.3) is 0 Å². The minimum atomic E-state index is -0.591. The van der Waals surface area contributed by atoms with E-state index in [2.05, 4.69) is 0 Å². The standard InChI is InChI=1S/C25H32O4/c1-7-18-11-16(5)12-19(8-2)24(18)28-22(26)15-23(27)29-25-20(9-3)13-17(6)14-21(25)10-4/h11-14H,7-10,15H2,1-6H3. The van der Waals surface area contributed by atoms with E-state index in [1.54, 1.807) is 0 Å². The van der Waals surface area contributed by atoms with E-state index in [1.807, 2.05) is 65.8 Å². The van der Waals surface area contributed by atoms with E-state index in [0.717, 1.165) is 59.1 Å². The van der Waals surface area contributed by atoms with E-state index in [4.69, 9.17) is 9.47 Å². The molecule has 2 rings (SSSR count). The minimum Gasteiger partial charge on any atom is -0.426 e. The van der Waals surface area contributed by atoms with Crippen molar-refractivity contribution in [3.8, 4) is 11.5 Å². The molecule has 0 aliphatic rings. The normalized spacial score (nSPS) is 10.7. The lowest BCUT2D eigenvalue weighted by molar-refractivity contribution is -0.144. The zero-order valence-electron chi connectivity index (χ0n) is 18.5. The Labute approximate surface area is 174 Å². The Hall–Kier alpha value is -2.62. The van der Waals surface area contributed by atoms with Crippen LogP contribution in [0, 0.1) is 13.8 Å². The molecule has 0 aliphatic carbocycles. The summed E-state index contributed by atoms with van der Waals surface area (Å²) in [5.41, 5.74) is 6.17. The van der Waals surface area contributed by atoms with Crippen molar-refractivity contribution in [2.45, 2.75) is 73.6 Å². The van der Waals surface area contributed by atoms with Crippen molar-refractivity contribution in [1.82, 2.24) is 0 Å². The lowest BCUT2D eigenvalue weighted by atomic mass is 10.0. The van der Waals surface area contributed by atoms with Gasteiger partial charge in [0.25, 0.3) is 0 Å². The lowest BCUT2D eigenvalue weighted by Crippen LogP contribution is -2.20. The molecule has 2 aromatic carbocycles. The first-order chi connectivity index (χ1) is 13.8. The van der Waals surface area contributed by atoms with Crippen LogP contribution in [-0.4, -0.2) is 11.9 Å². The number of hydrogen-bond acceptors (Lipinski definition) is 4. The van der Waals surface area contributed by atoms with Gasteiger partial charge in [-0.15, -0.1) is 0 Å². The summed E-state index contributed by atoms with van der Waals surface area (Å²) in [5.74, 6) is -0.0209. The maximum atomic E-state index is 12.5. The van der Waals surface area contributed by atoms with Crippen LogP contribution in [0.5, 0.6) is 11.5 Å². The van der Waals surface area contributed by atoms with E-state index < -0.39 is 18.4 Å². The Morgan fingerprint density at radius 3 is 1.14 bits per heavy atom. The summed E-state index contributed by atoms with van der Waals surface area (Å²) >= 11 is 0. The second-order valence-corrected chi connectivity index (χ2v) is 7.36. The van der Waals surface area contributed by atoms with Crippen LogP contribution in [0.15, 0.2) is 24.3 Å². The van der Waals surface area contributed by atoms with Crippen LogP contribution in [0.4, 0.5) is 0 Å². The summed E-state index contributed by atoms with van der Waals surface area (Å²) in [6, 6.07) is 8.09. The quantitative estimate of drug-likeness (QED) is 0.338. The van der Waals surface area contributed by atoms with Crippen LogP contribution >= 0.6 is 0 Å².